The van der Waals surface area contributed by atoms with Crippen LogP contribution in [0.25, 0.3) is 0 Å². The summed E-state index contributed by atoms with van der Waals surface area (Å²) >= 11 is 0. The molecule has 6 nitrogen and oxygen atoms in total. The molecule has 1 aliphatic heterocycles. The minimum Gasteiger partial charge on any atom is -0.490 e. The summed E-state index contributed by atoms with van der Waals surface area (Å²) in [5.74, 6) is 0.275. The minimum atomic E-state index is -0.409. The number of rotatable bonds is 5. The molecule has 1 aromatic rings. The van der Waals surface area contributed by atoms with E-state index in [9.17, 15) is 10.1 Å². The van der Waals surface area contributed by atoms with Crippen molar-refractivity contribution in [3.63, 3.8) is 0 Å². The molecule has 0 saturated carbocycles. The predicted octanol–water partition coefficient (Wildman–Crippen LogP) is 2.83. The van der Waals surface area contributed by atoms with E-state index in [4.69, 9.17) is 9.47 Å². The second-order valence-corrected chi connectivity index (χ2v) is 5.39. The lowest BCUT2D eigenvalue weighted by Gasteiger charge is -2.33. The zero-order valence-electron chi connectivity index (χ0n) is 11.8. The third-order valence-corrected chi connectivity index (χ3v) is 3.81. The Morgan fingerprint density at radius 1 is 1.45 bits per heavy atom. The van der Waals surface area contributed by atoms with E-state index in [1.807, 2.05) is 0 Å². The molecule has 0 bridgehead atoms. The molecular formula is C14H20N2O4. The number of hydrogen-bond acceptors (Lipinski definition) is 5. The van der Waals surface area contributed by atoms with Gasteiger partial charge in [-0.1, -0.05) is 13.0 Å². The van der Waals surface area contributed by atoms with Crippen molar-refractivity contribution in [2.45, 2.75) is 19.8 Å². The number of benzene rings is 1. The van der Waals surface area contributed by atoms with Crippen molar-refractivity contribution in [3.05, 3.63) is 28.3 Å². The lowest BCUT2D eigenvalue weighted by Crippen LogP contribution is -2.33. The summed E-state index contributed by atoms with van der Waals surface area (Å²) in [5.41, 5.74) is 0.600. The van der Waals surface area contributed by atoms with Crippen LogP contribution < -0.4 is 10.1 Å². The first kappa shape index (κ1) is 14.6. The second-order valence-electron chi connectivity index (χ2n) is 5.39. The van der Waals surface area contributed by atoms with Crippen LogP contribution in [0.2, 0.25) is 0 Å². The van der Waals surface area contributed by atoms with Crippen molar-refractivity contribution in [2.24, 2.45) is 5.41 Å². The van der Waals surface area contributed by atoms with E-state index >= 15 is 0 Å². The third-order valence-electron chi connectivity index (χ3n) is 3.81. The molecule has 1 saturated heterocycles. The zero-order valence-corrected chi connectivity index (χ0v) is 11.8. The molecule has 0 aliphatic carbocycles. The van der Waals surface area contributed by atoms with Crippen molar-refractivity contribution in [1.82, 2.24) is 0 Å². The van der Waals surface area contributed by atoms with Gasteiger partial charge in [-0.15, -0.1) is 0 Å². The molecule has 2 rings (SSSR count). The summed E-state index contributed by atoms with van der Waals surface area (Å²) in [5, 5.41) is 14.4. The number of nitro groups is 1. The van der Waals surface area contributed by atoms with Gasteiger partial charge in [-0.25, -0.2) is 0 Å². The average Bonchev–Trinajstić information content (AvgIpc) is 2.45. The van der Waals surface area contributed by atoms with Gasteiger partial charge in [0.1, 0.15) is 5.69 Å². The number of ether oxygens (including phenoxy) is 2. The molecule has 1 aromatic carbocycles. The Kier molecular flexibility index (Phi) is 4.44. The Labute approximate surface area is 118 Å². The first-order valence-electron chi connectivity index (χ1n) is 6.69. The highest BCUT2D eigenvalue weighted by Gasteiger charge is 2.28. The SMILES string of the molecule is COc1cccc(NCC2(C)CCOCC2)c1[N+](=O)[O-]. The molecular weight excluding hydrogens is 260 g/mol. The largest absolute Gasteiger partial charge is 0.490 e. The normalized spacial score (nSPS) is 17.5. The lowest BCUT2D eigenvalue weighted by molar-refractivity contribution is -0.384. The predicted molar refractivity (Wildman–Crippen MR) is 76.3 cm³/mol. The fourth-order valence-corrected chi connectivity index (χ4v) is 2.37. The highest BCUT2D eigenvalue weighted by atomic mass is 16.6. The van der Waals surface area contributed by atoms with Gasteiger partial charge in [0.25, 0.3) is 0 Å². The van der Waals surface area contributed by atoms with E-state index in [1.54, 1.807) is 18.2 Å². The smallest absolute Gasteiger partial charge is 0.333 e. The molecule has 1 heterocycles. The summed E-state index contributed by atoms with van der Waals surface area (Å²) in [4.78, 5) is 10.8. The van der Waals surface area contributed by atoms with Crippen LogP contribution in [0.4, 0.5) is 11.4 Å². The molecule has 0 radical (unpaired) electrons. The van der Waals surface area contributed by atoms with Crippen molar-refractivity contribution in [1.29, 1.82) is 0 Å². The van der Waals surface area contributed by atoms with Gasteiger partial charge in [-0.05, 0) is 30.4 Å². The molecule has 0 aromatic heterocycles. The monoisotopic (exact) mass is 280 g/mol. The summed E-state index contributed by atoms with van der Waals surface area (Å²) in [6.45, 7) is 4.36. The van der Waals surface area contributed by atoms with Crippen molar-refractivity contribution >= 4 is 11.4 Å². The minimum absolute atomic E-state index is 0.00865. The summed E-state index contributed by atoms with van der Waals surface area (Å²) in [6, 6.07) is 5.06. The molecule has 0 unspecified atom stereocenters. The number of para-hydroxylation sites is 1. The van der Waals surface area contributed by atoms with E-state index in [1.165, 1.54) is 7.11 Å². The average molecular weight is 280 g/mol. The molecule has 20 heavy (non-hydrogen) atoms. The van der Waals surface area contributed by atoms with Crippen LogP contribution >= 0.6 is 0 Å². The standard InChI is InChI=1S/C14H20N2O4/c1-14(6-8-20-9-7-14)10-15-11-4-3-5-12(19-2)13(11)16(17)18/h3-5,15H,6-10H2,1-2H3. The van der Waals surface area contributed by atoms with E-state index in [-0.39, 0.29) is 16.9 Å². The van der Waals surface area contributed by atoms with Gasteiger partial charge in [0.2, 0.25) is 0 Å². The molecule has 0 atom stereocenters. The molecule has 1 fully saturated rings. The van der Waals surface area contributed by atoms with Crippen LogP contribution in [0.1, 0.15) is 19.8 Å². The van der Waals surface area contributed by atoms with Crippen molar-refractivity contribution in [2.75, 3.05) is 32.2 Å². The fraction of sp³-hybridized carbons (Fsp3) is 0.571. The highest BCUT2D eigenvalue weighted by Crippen LogP contribution is 2.36. The molecule has 110 valence electrons. The van der Waals surface area contributed by atoms with Crippen LogP contribution in [-0.2, 0) is 4.74 Å². The van der Waals surface area contributed by atoms with Gasteiger partial charge in [0.15, 0.2) is 5.75 Å². The Morgan fingerprint density at radius 3 is 2.75 bits per heavy atom. The fourth-order valence-electron chi connectivity index (χ4n) is 2.37. The van der Waals surface area contributed by atoms with Gasteiger partial charge < -0.3 is 14.8 Å². The Balaban J connectivity index is 2.14. The maximum atomic E-state index is 11.2. The summed E-state index contributed by atoms with van der Waals surface area (Å²) in [7, 11) is 1.44. The highest BCUT2D eigenvalue weighted by molar-refractivity contribution is 5.68. The summed E-state index contributed by atoms with van der Waals surface area (Å²) in [6.07, 6.45) is 1.91. The van der Waals surface area contributed by atoms with Gasteiger partial charge >= 0.3 is 5.69 Å². The first-order chi connectivity index (χ1) is 9.56. The van der Waals surface area contributed by atoms with Gasteiger partial charge in [0.05, 0.1) is 12.0 Å². The number of nitrogens with one attached hydrogen (secondary N) is 1. The quantitative estimate of drug-likeness (QED) is 0.663. The molecule has 6 heteroatoms. The van der Waals surface area contributed by atoms with Gasteiger partial charge in [-0.2, -0.15) is 0 Å². The molecule has 1 N–H and O–H groups in total. The van der Waals surface area contributed by atoms with Crippen molar-refractivity contribution < 1.29 is 14.4 Å². The molecule has 1 aliphatic rings. The maximum absolute atomic E-state index is 11.2. The van der Waals surface area contributed by atoms with Crippen LogP contribution in [0, 0.1) is 15.5 Å². The topological polar surface area (TPSA) is 73.6 Å². The van der Waals surface area contributed by atoms with E-state index in [2.05, 4.69) is 12.2 Å². The third kappa shape index (κ3) is 3.19. The number of anilines is 1. The maximum Gasteiger partial charge on any atom is 0.333 e. The molecule has 0 amide bonds. The number of methoxy groups -OCH3 is 1. The second kappa shape index (κ2) is 6.09. The lowest BCUT2D eigenvalue weighted by atomic mass is 9.82. The molecule has 0 spiro atoms. The van der Waals surface area contributed by atoms with Crippen LogP contribution in [0.5, 0.6) is 5.75 Å². The Hall–Kier alpha value is -1.82. The van der Waals surface area contributed by atoms with Gasteiger partial charge in [0, 0.05) is 19.8 Å². The van der Waals surface area contributed by atoms with E-state index < -0.39 is 4.92 Å². The Morgan fingerprint density at radius 2 is 2.15 bits per heavy atom. The van der Waals surface area contributed by atoms with E-state index in [0.717, 1.165) is 26.1 Å². The number of nitrogens with zero attached hydrogens (tertiary/aromatic N) is 1. The number of hydrogen-bond donors (Lipinski definition) is 1. The van der Waals surface area contributed by atoms with Crippen LogP contribution in [0.3, 0.4) is 0 Å². The van der Waals surface area contributed by atoms with Crippen LogP contribution in [0.15, 0.2) is 18.2 Å². The van der Waals surface area contributed by atoms with Gasteiger partial charge in [-0.3, -0.25) is 10.1 Å². The zero-order chi connectivity index (χ0) is 14.6. The first-order valence-corrected chi connectivity index (χ1v) is 6.69. The van der Waals surface area contributed by atoms with Crippen molar-refractivity contribution in [3.8, 4) is 5.75 Å². The Bertz CT molecular complexity index is 484. The number of nitro benzene ring substituents is 1. The van der Waals surface area contributed by atoms with Crippen LogP contribution in [-0.4, -0.2) is 31.8 Å². The summed E-state index contributed by atoms with van der Waals surface area (Å²) < 4.78 is 10.4. The van der Waals surface area contributed by atoms with E-state index in [0.29, 0.717) is 12.2 Å².